The molecule has 0 amide bonds. The fourth-order valence-corrected chi connectivity index (χ4v) is 23.2. The number of fused-ring (bicyclic) bond motifs is 3. The zero-order valence-corrected chi connectivity index (χ0v) is 26.6. The molecule has 41 heavy (non-hydrogen) atoms. The Labute approximate surface area is 245 Å². The number of aryl methyl sites for hydroxylation is 1. The Morgan fingerprint density at radius 1 is 0.463 bits per heavy atom. The van der Waals surface area contributed by atoms with Gasteiger partial charge in [-0.2, -0.15) is 0 Å². The maximum atomic E-state index is 14.3. The summed E-state index contributed by atoms with van der Waals surface area (Å²) in [6.07, 6.45) is 0. The third-order valence-electron chi connectivity index (χ3n) is 8.04. The number of rotatable bonds is 5. The van der Waals surface area contributed by atoms with Gasteiger partial charge in [0.15, 0.2) is 0 Å². The third-order valence-corrected chi connectivity index (χ3v) is 23.9. The van der Waals surface area contributed by atoms with E-state index in [1.54, 1.807) is 0 Å². The summed E-state index contributed by atoms with van der Waals surface area (Å²) < 4.78 is 10.7. The molecule has 0 aromatic heterocycles. The Bertz CT molecular complexity index is 1850. The van der Waals surface area contributed by atoms with E-state index in [1.165, 1.54) is 0 Å². The van der Waals surface area contributed by atoms with E-state index in [-0.39, 0.29) is 5.97 Å². The second kappa shape index (κ2) is 10.6. The molecule has 0 saturated heterocycles. The van der Waals surface area contributed by atoms with Crippen LogP contribution in [0.2, 0.25) is 0 Å². The fourth-order valence-electron chi connectivity index (χ4n) is 6.09. The van der Waals surface area contributed by atoms with Crippen molar-refractivity contribution in [3.8, 4) is 0 Å². The van der Waals surface area contributed by atoms with Crippen molar-refractivity contribution in [1.29, 1.82) is 0 Å². The summed E-state index contributed by atoms with van der Waals surface area (Å²) >= 11 is -4.89. The van der Waals surface area contributed by atoms with Crippen molar-refractivity contribution < 1.29 is 7.48 Å². The number of hydrogen-bond acceptors (Lipinski definition) is 2. The topological polar surface area (TPSA) is 26.3 Å². The van der Waals surface area contributed by atoms with E-state index in [4.69, 9.17) is 2.69 Å². The molecule has 0 aliphatic heterocycles. The number of benzene rings is 7. The summed E-state index contributed by atoms with van der Waals surface area (Å²) in [5, 5.41) is 6.82. The molecule has 7 aromatic rings. The van der Waals surface area contributed by atoms with Crippen molar-refractivity contribution in [2.75, 3.05) is 0 Å². The summed E-state index contributed by atoms with van der Waals surface area (Å²) in [5.41, 5.74) is 1.68. The van der Waals surface area contributed by atoms with Gasteiger partial charge in [0.2, 0.25) is 0 Å². The molecule has 7 aromatic carbocycles. The summed E-state index contributed by atoms with van der Waals surface area (Å²) in [5.74, 6) is -0.277. The Morgan fingerprint density at radius 2 is 0.829 bits per heavy atom. The van der Waals surface area contributed by atoms with Crippen LogP contribution in [-0.4, -0.2) is 27.6 Å². The average Bonchev–Trinajstić information content (AvgIpc) is 3.03. The van der Waals surface area contributed by atoms with Gasteiger partial charge in [-0.1, -0.05) is 0 Å². The summed E-state index contributed by atoms with van der Waals surface area (Å²) in [7, 11) is 0. The second-order valence-corrected chi connectivity index (χ2v) is 22.9. The molecule has 196 valence electrons. The van der Waals surface area contributed by atoms with Crippen molar-refractivity contribution in [2.45, 2.75) is 6.92 Å². The zero-order chi connectivity index (χ0) is 27.8. The number of hydrogen-bond donors (Lipinski definition) is 0. The average molecular weight is 724 g/mol. The Balaban J connectivity index is 1.66. The standard InChI is InChI=1S/3C10H7.C8H8O2.Pb/c3*1-2-6-10-8-4-3-7-9(10)5-1;1-6-2-4-7(5-3-6)8(9)10;/h3*1-7H;2-5H,1H3,(H,9,10);/q;;;;+1/p-1. The summed E-state index contributed by atoms with van der Waals surface area (Å²) in [6.45, 7) is 2.03. The predicted molar refractivity (Wildman–Crippen MR) is 173 cm³/mol. The van der Waals surface area contributed by atoms with Crippen LogP contribution in [0.5, 0.6) is 0 Å². The van der Waals surface area contributed by atoms with Gasteiger partial charge >= 0.3 is 246 Å². The van der Waals surface area contributed by atoms with E-state index < -0.39 is 21.6 Å². The van der Waals surface area contributed by atoms with Gasteiger partial charge in [0, 0.05) is 0 Å². The van der Waals surface area contributed by atoms with Gasteiger partial charge in [-0.25, -0.2) is 0 Å². The Kier molecular flexibility index (Phi) is 6.64. The number of carbonyl (C=O) groups is 1. The minimum atomic E-state index is -4.89. The normalized spacial score (nSPS) is 11.6. The first-order valence-corrected chi connectivity index (χ1v) is 21.3. The first-order valence-electron chi connectivity index (χ1n) is 13.9. The monoisotopic (exact) mass is 724 g/mol. The van der Waals surface area contributed by atoms with Gasteiger partial charge in [0.1, 0.15) is 0 Å². The van der Waals surface area contributed by atoms with Crippen molar-refractivity contribution in [1.82, 2.24) is 0 Å². The molecular weight excluding hydrogens is 696 g/mol. The van der Waals surface area contributed by atoms with E-state index in [2.05, 4.69) is 127 Å². The molecule has 0 fully saturated rings. The van der Waals surface area contributed by atoms with Gasteiger partial charge in [-0.3, -0.25) is 0 Å². The van der Waals surface area contributed by atoms with Gasteiger partial charge in [-0.05, 0) is 0 Å². The predicted octanol–water partition coefficient (Wildman–Crippen LogP) is 7.28. The molecule has 0 saturated carbocycles. The van der Waals surface area contributed by atoms with Crippen molar-refractivity contribution in [3.63, 3.8) is 0 Å². The van der Waals surface area contributed by atoms with E-state index in [1.807, 2.05) is 31.2 Å². The Morgan fingerprint density at radius 3 is 1.24 bits per heavy atom. The molecule has 0 heterocycles. The van der Waals surface area contributed by atoms with Crippen molar-refractivity contribution >= 4 is 69.3 Å². The van der Waals surface area contributed by atoms with Crippen LogP contribution in [0, 0.1) is 6.92 Å². The maximum absolute atomic E-state index is 14.3. The molecule has 0 unspecified atom stereocenters. The first kappa shape index (κ1) is 25.7. The van der Waals surface area contributed by atoms with Gasteiger partial charge in [0.25, 0.3) is 0 Å². The quantitative estimate of drug-likeness (QED) is 0.175. The van der Waals surface area contributed by atoms with Gasteiger partial charge in [-0.15, -0.1) is 0 Å². The van der Waals surface area contributed by atoms with Gasteiger partial charge in [0.05, 0.1) is 0 Å². The molecular formula is C38H28O2Pb. The van der Waals surface area contributed by atoms with Crippen molar-refractivity contribution in [2.24, 2.45) is 0 Å². The van der Waals surface area contributed by atoms with E-state index in [0.717, 1.165) is 47.2 Å². The Hall–Kier alpha value is -4.29. The summed E-state index contributed by atoms with van der Waals surface area (Å²) in [6, 6.07) is 52.5. The second-order valence-electron chi connectivity index (χ2n) is 10.5. The zero-order valence-electron chi connectivity index (χ0n) is 22.8. The van der Waals surface area contributed by atoms with Gasteiger partial charge < -0.3 is 0 Å². The van der Waals surface area contributed by atoms with Crippen LogP contribution in [0.15, 0.2) is 152 Å². The van der Waals surface area contributed by atoms with Crippen LogP contribution in [0.4, 0.5) is 0 Å². The van der Waals surface area contributed by atoms with Crippen LogP contribution in [-0.2, 0) is 2.69 Å². The molecule has 7 rings (SSSR count). The molecule has 2 nitrogen and oxygen atoms in total. The first-order chi connectivity index (χ1) is 20.1. The van der Waals surface area contributed by atoms with Crippen LogP contribution in [0.25, 0.3) is 32.3 Å². The van der Waals surface area contributed by atoms with E-state index >= 15 is 0 Å². The molecule has 0 radical (unpaired) electrons. The van der Waals surface area contributed by atoms with Crippen LogP contribution in [0.1, 0.15) is 15.9 Å². The third kappa shape index (κ3) is 4.43. The molecule has 0 bridgehead atoms. The number of carbonyl (C=O) groups excluding carboxylic acids is 1. The van der Waals surface area contributed by atoms with E-state index in [9.17, 15) is 4.79 Å². The molecule has 0 N–H and O–H groups in total. The van der Waals surface area contributed by atoms with Crippen LogP contribution in [0.3, 0.4) is 0 Å². The van der Waals surface area contributed by atoms with Crippen LogP contribution >= 0.6 is 0 Å². The molecule has 0 aliphatic rings. The fraction of sp³-hybridized carbons (Fsp3) is 0.0263. The summed E-state index contributed by atoms with van der Waals surface area (Å²) in [4.78, 5) is 14.3. The molecule has 3 heteroatoms. The minimum absolute atomic E-state index is 0.277. The van der Waals surface area contributed by atoms with Crippen LogP contribution < -0.4 is 9.37 Å². The molecule has 0 atom stereocenters. The van der Waals surface area contributed by atoms with E-state index in [0.29, 0.717) is 5.56 Å². The molecule has 0 spiro atoms. The van der Waals surface area contributed by atoms with Crippen molar-refractivity contribution in [3.05, 3.63) is 163 Å². The SMILES string of the molecule is Cc1ccc(C(=O)[O][Pb]([c]2cccc3ccccc23)([c]2cccc3ccccc23)[c]2cccc3ccccc23)cc1. The molecule has 0 aliphatic carbocycles.